The Morgan fingerprint density at radius 1 is 0.364 bits per heavy atom. The third kappa shape index (κ3) is 15.5. The molecule has 14 aromatic rings. The molecule has 0 saturated heterocycles. The maximum atomic E-state index is 13.0. The number of nitrogens with one attached hydrogen (secondary N) is 8. The fraction of sp³-hybridized carbons (Fsp3) is 0.160. The molecule has 16 heterocycles. The van der Waals surface area contributed by atoms with Gasteiger partial charge in [0.2, 0.25) is 23.8 Å². The van der Waals surface area contributed by atoms with Crippen LogP contribution in [0, 0.1) is 12.7 Å². The van der Waals surface area contributed by atoms with Crippen molar-refractivity contribution < 1.29 is 9.50 Å². The van der Waals surface area contributed by atoms with Crippen molar-refractivity contribution in [2.24, 2.45) is 0 Å². The highest BCUT2D eigenvalue weighted by Crippen LogP contribution is 2.46. The van der Waals surface area contributed by atoms with E-state index in [1.54, 1.807) is 92.7 Å². The molecule has 0 saturated carbocycles. The number of hydrogen-bond donors (Lipinski definition) is 9. The number of aliphatic hydroxyl groups excluding tert-OH is 1. The van der Waals surface area contributed by atoms with Crippen LogP contribution in [-0.4, -0.2) is 117 Å². The second-order valence-corrected chi connectivity index (χ2v) is 25.5. The van der Waals surface area contributed by atoms with E-state index in [1.165, 1.54) is 23.3 Å². The zero-order valence-corrected chi connectivity index (χ0v) is 58.9. The highest BCUT2D eigenvalue weighted by Gasteiger charge is 2.27. The Hall–Kier alpha value is -13.8. The van der Waals surface area contributed by atoms with Gasteiger partial charge in [-0.1, -0.05) is 55.8 Å². The van der Waals surface area contributed by atoms with Crippen LogP contribution in [0.2, 0.25) is 0 Å². The zero-order chi connectivity index (χ0) is 73.0. The van der Waals surface area contributed by atoms with Crippen molar-refractivity contribution in [1.82, 2.24) is 79.7 Å². The molecule has 25 nitrogen and oxygen atoms in total. The summed E-state index contributed by atoms with van der Waals surface area (Å²) in [7, 11) is 0. The van der Waals surface area contributed by atoms with Gasteiger partial charge >= 0.3 is 0 Å². The maximum absolute atomic E-state index is 13.0. The van der Waals surface area contributed by atoms with E-state index in [1.807, 2.05) is 98.3 Å². The van der Waals surface area contributed by atoms with Crippen molar-refractivity contribution in [2.45, 2.75) is 65.5 Å². The first-order valence-corrected chi connectivity index (χ1v) is 35.2. The van der Waals surface area contributed by atoms with E-state index in [-0.39, 0.29) is 18.5 Å². The molecule has 0 fully saturated rings. The van der Waals surface area contributed by atoms with Crippen molar-refractivity contribution in [3.63, 3.8) is 0 Å². The summed E-state index contributed by atoms with van der Waals surface area (Å²) in [6, 6.07) is 38.8. The van der Waals surface area contributed by atoms with Crippen LogP contribution in [0.4, 0.5) is 74.2 Å². The van der Waals surface area contributed by atoms with E-state index in [2.05, 4.69) is 152 Å². The predicted octanol–water partition coefficient (Wildman–Crippen LogP) is 15.8. The highest BCUT2D eigenvalue weighted by molar-refractivity contribution is 5.99. The molecule has 107 heavy (non-hydrogen) atoms. The van der Waals surface area contributed by atoms with E-state index in [0.717, 1.165) is 173 Å². The Kier molecular flexibility index (Phi) is 20.5. The summed E-state index contributed by atoms with van der Waals surface area (Å²) >= 11 is 0. The number of hydrogen-bond acceptors (Lipinski definition) is 25. The van der Waals surface area contributed by atoms with Crippen molar-refractivity contribution in [3.05, 3.63) is 243 Å². The molecule has 530 valence electrons. The van der Waals surface area contributed by atoms with Crippen LogP contribution in [0.25, 0.3) is 89.5 Å². The van der Waals surface area contributed by atoms with Crippen molar-refractivity contribution in [1.29, 1.82) is 0 Å². The second kappa shape index (κ2) is 31.9. The number of aromatic nitrogens is 16. The predicted molar refractivity (Wildman–Crippen MR) is 417 cm³/mol. The molecule has 1 unspecified atom stereocenters. The molecule has 26 heteroatoms. The first-order chi connectivity index (χ1) is 52.6. The lowest BCUT2D eigenvalue weighted by Crippen LogP contribution is -2.21. The molecule has 2 aromatic carbocycles. The number of pyridine rings is 8. The number of aliphatic hydroxyl groups is 1. The van der Waals surface area contributed by atoms with E-state index in [4.69, 9.17) is 15.0 Å². The van der Waals surface area contributed by atoms with Gasteiger partial charge in [0.15, 0.2) is 0 Å². The summed E-state index contributed by atoms with van der Waals surface area (Å²) < 4.78 is 13.0. The summed E-state index contributed by atoms with van der Waals surface area (Å²) in [6.07, 6.45) is 32.3. The molecule has 18 rings (SSSR count). The zero-order valence-electron chi connectivity index (χ0n) is 58.9. The van der Waals surface area contributed by atoms with Crippen LogP contribution in [-0.2, 0) is 12.8 Å². The van der Waals surface area contributed by atoms with Gasteiger partial charge in [-0.2, -0.15) is 0 Å². The first kappa shape index (κ1) is 69.0. The van der Waals surface area contributed by atoms with Crippen molar-refractivity contribution in [3.8, 4) is 89.5 Å². The Morgan fingerprint density at radius 3 is 1.04 bits per heavy atom. The molecule has 4 aliphatic rings. The molecule has 12 aromatic heterocycles. The molecular formula is C81H73FN24O. The Bertz CT molecular complexity index is 5310. The number of anilines is 12. The van der Waals surface area contributed by atoms with Crippen LogP contribution in [0.15, 0.2) is 220 Å². The summed E-state index contributed by atoms with van der Waals surface area (Å²) in [6.45, 7) is 9.71. The normalized spacial score (nSPS) is 11.9. The van der Waals surface area contributed by atoms with Gasteiger partial charge < -0.3 is 47.6 Å². The van der Waals surface area contributed by atoms with Crippen LogP contribution < -0.4 is 42.5 Å². The second-order valence-electron chi connectivity index (χ2n) is 25.5. The smallest absolute Gasteiger partial charge is 0.223 e. The Labute approximate surface area is 616 Å². The quantitative estimate of drug-likeness (QED) is 0.0460. The number of nitrogens with zero attached hydrogens (tertiary/aromatic N) is 16. The van der Waals surface area contributed by atoms with Gasteiger partial charge in [0.05, 0.1) is 76.9 Å². The average molecular weight is 1420 g/mol. The summed E-state index contributed by atoms with van der Waals surface area (Å²) in [4.78, 5) is 71.8. The molecule has 0 spiro atoms. The molecular weight excluding hydrogens is 1340 g/mol. The lowest BCUT2D eigenvalue weighted by molar-refractivity contribution is 0.281. The fourth-order valence-corrected chi connectivity index (χ4v) is 12.6. The lowest BCUT2D eigenvalue weighted by Gasteiger charge is -2.16. The molecule has 1 atom stereocenters. The standard InChI is InChI=1S/C23H20N6.C22H17FN6.C19H20N6.C17H16N6O/c1-15-4-6-16(7-5-15)8-12-26-23-27-13-19-17-9-11-24-14-20(17)28-22-18(21(19)29-23)3-2-10-25-22;23-15-5-3-14(4-6-15)7-11-26-22-27-12-18-16-8-10-24-13-19(16)28-21-17(20(18)29-22)2-1-9-25-21;1-3-12(4-2)23-19-22-10-15-13-7-9-20-11-16(13)24-18-14(17(15)25-19)6-5-8-21-18;1-10(9-24)21-17-20-7-13-11-4-6-18-8-14(11)22-16-12(15(13)23-17)3-2-5-19-16/h2-7,9-11,13-14H,8,12H2,1H3,(H,25,28)(H,26,27,29);1-6,8-10,12-13H,7,11H2,(H,25,28)(H,26,27,29);5-12H,3-4H2,1-2H3,(H,21,24)(H,22,23,25);2-8,10,24H,9H2,1H3,(H,19,22)(H,20,21,23). The van der Waals surface area contributed by atoms with Crippen LogP contribution in [0.1, 0.15) is 50.3 Å². The van der Waals surface area contributed by atoms with Gasteiger partial charge in [-0.05, 0) is 136 Å². The molecule has 4 aliphatic heterocycles. The fourth-order valence-electron chi connectivity index (χ4n) is 12.6. The van der Waals surface area contributed by atoms with Crippen molar-refractivity contribution in [2.75, 3.05) is 62.2 Å². The van der Waals surface area contributed by atoms with Gasteiger partial charge in [-0.3, -0.25) is 19.9 Å². The van der Waals surface area contributed by atoms with E-state index >= 15 is 0 Å². The number of halogens is 1. The summed E-state index contributed by atoms with van der Waals surface area (Å²) in [5, 5.41) is 35.8. The summed E-state index contributed by atoms with van der Waals surface area (Å²) in [5.41, 5.74) is 22.0. The van der Waals surface area contributed by atoms with Gasteiger partial charge in [0.25, 0.3) is 0 Å². The third-order valence-electron chi connectivity index (χ3n) is 18.3. The summed E-state index contributed by atoms with van der Waals surface area (Å²) in [5.74, 6) is 5.06. The van der Waals surface area contributed by atoms with Crippen LogP contribution in [0.3, 0.4) is 0 Å². The molecule has 0 amide bonds. The largest absolute Gasteiger partial charge is 0.394 e. The Morgan fingerprint density at radius 2 is 0.692 bits per heavy atom. The van der Waals surface area contributed by atoms with Gasteiger partial charge in [0, 0.05) is 166 Å². The minimum absolute atomic E-state index is 0.00858. The number of rotatable bonds is 15. The highest BCUT2D eigenvalue weighted by atomic mass is 19.1. The van der Waals surface area contributed by atoms with E-state index < -0.39 is 0 Å². The van der Waals surface area contributed by atoms with Crippen LogP contribution >= 0.6 is 0 Å². The average Bonchev–Trinajstić information content (AvgIpc) is 1.69. The number of aryl methyl sites for hydroxylation is 1. The topological polar surface area (TPSA) is 323 Å². The SMILES string of the molecule is CC(CO)Nc1ncc2c(n1)-c1cccnc1Nc1cnccc1-2.CCC(CC)Nc1ncc2c(n1)-c1cccnc1Nc1cnccc1-2.Cc1ccc(CCNc2ncc3c(n2)-c2cccnc2Nc2cnccc2-3)cc1.Fc1ccc(CCNc2ncc3c(n2)-c2cccnc2Nc2cnccc2-3)cc1. The van der Waals surface area contributed by atoms with Crippen LogP contribution in [0.5, 0.6) is 0 Å². The van der Waals surface area contributed by atoms with Crippen molar-refractivity contribution >= 4 is 69.8 Å². The van der Waals surface area contributed by atoms with Gasteiger partial charge in [0.1, 0.15) is 29.1 Å². The van der Waals surface area contributed by atoms with Gasteiger partial charge in [-0.25, -0.2) is 64.2 Å². The van der Waals surface area contributed by atoms with E-state index in [9.17, 15) is 9.50 Å². The Balaban J connectivity index is 0.000000114. The minimum atomic E-state index is -0.229. The van der Waals surface area contributed by atoms with Gasteiger partial charge in [-0.15, -0.1) is 0 Å². The monoisotopic (exact) mass is 1420 g/mol. The lowest BCUT2D eigenvalue weighted by atomic mass is 10.0. The third-order valence-corrected chi connectivity index (χ3v) is 18.3. The molecule has 0 aliphatic carbocycles. The first-order valence-electron chi connectivity index (χ1n) is 35.2. The minimum Gasteiger partial charge on any atom is -0.394 e. The number of benzene rings is 2. The molecule has 9 N–H and O–H groups in total. The van der Waals surface area contributed by atoms with E-state index in [0.29, 0.717) is 36.4 Å². The molecule has 0 radical (unpaired) electrons. The molecule has 0 bridgehead atoms. The maximum Gasteiger partial charge on any atom is 0.223 e. The number of fused-ring (bicyclic) bond motifs is 20.